The summed E-state index contributed by atoms with van der Waals surface area (Å²) in [6, 6.07) is 5.34. The Morgan fingerprint density at radius 1 is 1.13 bits per heavy atom. The Labute approximate surface area is 144 Å². The van der Waals surface area contributed by atoms with Gasteiger partial charge in [-0.3, -0.25) is 0 Å². The Morgan fingerprint density at radius 3 is 2.39 bits per heavy atom. The van der Waals surface area contributed by atoms with Gasteiger partial charge in [0.05, 0.1) is 11.4 Å². The molecule has 2 aliphatic rings. The first-order valence-corrected chi connectivity index (χ1v) is 9.85. The molecule has 128 valence electrons. The van der Waals surface area contributed by atoms with Crippen molar-refractivity contribution in [1.29, 1.82) is 0 Å². The van der Waals surface area contributed by atoms with Crippen molar-refractivity contribution in [3.05, 3.63) is 17.8 Å². The van der Waals surface area contributed by atoms with Crippen LogP contribution in [0.4, 0.5) is 11.5 Å². The van der Waals surface area contributed by atoms with Gasteiger partial charge in [-0.05, 0) is 44.7 Å². The average Bonchev–Trinajstić information content (AvgIpc) is 2.50. The number of thioether (sulfide) groups is 1. The summed E-state index contributed by atoms with van der Waals surface area (Å²) in [5.74, 6) is 1.12. The van der Waals surface area contributed by atoms with Crippen molar-refractivity contribution in [3.63, 3.8) is 0 Å². The van der Waals surface area contributed by atoms with Crippen LogP contribution >= 0.6 is 11.8 Å². The second-order valence-corrected chi connectivity index (χ2v) is 9.10. The third-order valence-electron chi connectivity index (χ3n) is 4.95. The molecular formula is C18H30N4S. The molecule has 2 heterocycles. The summed E-state index contributed by atoms with van der Waals surface area (Å²) in [7, 11) is 0. The van der Waals surface area contributed by atoms with Gasteiger partial charge in [-0.25, -0.2) is 4.98 Å². The predicted octanol–water partition coefficient (Wildman–Crippen LogP) is 3.40. The molecule has 2 unspecified atom stereocenters. The molecule has 0 bridgehead atoms. The smallest absolute Gasteiger partial charge is 0.129 e. The van der Waals surface area contributed by atoms with E-state index in [2.05, 4.69) is 54.9 Å². The lowest BCUT2D eigenvalue weighted by molar-refractivity contribution is 0.411. The zero-order valence-corrected chi connectivity index (χ0v) is 15.4. The predicted molar refractivity (Wildman–Crippen MR) is 102 cm³/mol. The van der Waals surface area contributed by atoms with E-state index in [1.165, 1.54) is 18.5 Å². The van der Waals surface area contributed by atoms with Crippen LogP contribution in [0, 0.1) is 6.92 Å². The second-order valence-electron chi connectivity index (χ2n) is 7.22. The van der Waals surface area contributed by atoms with E-state index in [0.29, 0.717) is 22.6 Å². The number of hydrogen-bond acceptors (Lipinski definition) is 5. The zero-order chi connectivity index (χ0) is 16.4. The highest BCUT2D eigenvalue weighted by Crippen LogP contribution is 2.29. The van der Waals surface area contributed by atoms with Gasteiger partial charge in [-0.15, -0.1) is 0 Å². The monoisotopic (exact) mass is 334 g/mol. The molecule has 0 spiro atoms. The molecule has 4 nitrogen and oxygen atoms in total. The molecule has 23 heavy (non-hydrogen) atoms. The Morgan fingerprint density at radius 2 is 1.78 bits per heavy atom. The first-order valence-electron chi connectivity index (χ1n) is 8.91. The summed E-state index contributed by atoms with van der Waals surface area (Å²) in [6.45, 7) is 8.92. The van der Waals surface area contributed by atoms with Crippen LogP contribution in [0.15, 0.2) is 12.1 Å². The van der Waals surface area contributed by atoms with E-state index < -0.39 is 0 Å². The third kappa shape index (κ3) is 4.32. The van der Waals surface area contributed by atoms with Crippen LogP contribution in [0.2, 0.25) is 0 Å². The largest absolute Gasteiger partial charge is 0.381 e. The fourth-order valence-corrected chi connectivity index (χ4v) is 5.05. The zero-order valence-electron chi connectivity index (χ0n) is 14.6. The van der Waals surface area contributed by atoms with Crippen LogP contribution in [0.5, 0.6) is 0 Å². The van der Waals surface area contributed by atoms with Crippen molar-refractivity contribution < 1.29 is 0 Å². The van der Waals surface area contributed by atoms with Crippen LogP contribution in [-0.4, -0.2) is 40.7 Å². The van der Waals surface area contributed by atoms with Crippen molar-refractivity contribution in [2.24, 2.45) is 5.73 Å². The molecule has 2 atom stereocenters. The number of pyridine rings is 1. The maximum absolute atomic E-state index is 6.00. The van der Waals surface area contributed by atoms with Crippen molar-refractivity contribution in [3.8, 4) is 0 Å². The molecule has 3 N–H and O–H groups in total. The van der Waals surface area contributed by atoms with Gasteiger partial charge in [0.1, 0.15) is 5.82 Å². The minimum Gasteiger partial charge on any atom is -0.381 e. The highest BCUT2D eigenvalue weighted by molar-refractivity contribution is 8.00. The number of nitrogens with two attached hydrogens (primary N) is 1. The molecule has 1 saturated heterocycles. The molecule has 3 rings (SSSR count). The van der Waals surface area contributed by atoms with Crippen LogP contribution in [0.1, 0.15) is 45.2 Å². The summed E-state index contributed by atoms with van der Waals surface area (Å²) < 4.78 is 0. The standard InChI is InChI=1S/C18H30N4S/c1-12-10-22(11-13(2)23-12)18-9-8-17(14(3)20-18)21-16-6-4-15(19)5-7-16/h8-9,12-13,15-16,21H,4-7,10-11,19H2,1-3H3. The topological polar surface area (TPSA) is 54.2 Å². The Kier molecular flexibility index (Phi) is 5.37. The number of nitrogens with one attached hydrogen (secondary N) is 1. The van der Waals surface area contributed by atoms with Crippen LogP contribution in [0.3, 0.4) is 0 Å². The molecule has 0 radical (unpaired) electrons. The van der Waals surface area contributed by atoms with Crippen LogP contribution < -0.4 is 16.0 Å². The first-order chi connectivity index (χ1) is 11.0. The van der Waals surface area contributed by atoms with Crippen molar-refractivity contribution in [2.45, 2.75) is 69.0 Å². The highest BCUT2D eigenvalue weighted by atomic mass is 32.2. The Hall–Kier alpha value is -0.940. The van der Waals surface area contributed by atoms with Gasteiger partial charge in [0.15, 0.2) is 0 Å². The molecular weight excluding hydrogens is 304 g/mol. The van der Waals surface area contributed by atoms with Gasteiger partial charge in [-0.1, -0.05) is 13.8 Å². The molecule has 1 saturated carbocycles. The minimum atomic E-state index is 0.399. The van der Waals surface area contributed by atoms with Gasteiger partial charge in [0.2, 0.25) is 0 Å². The van der Waals surface area contributed by atoms with Crippen LogP contribution in [0.25, 0.3) is 0 Å². The lowest BCUT2D eigenvalue weighted by Gasteiger charge is -2.35. The van der Waals surface area contributed by atoms with E-state index >= 15 is 0 Å². The third-order valence-corrected chi connectivity index (χ3v) is 6.17. The molecule has 1 aromatic heterocycles. The van der Waals surface area contributed by atoms with Gasteiger partial charge in [0.25, 0.3) is 0 Å². The fourth-order valence-electron chi connectivity index (χ4n) is 3.72. The van der Waals surface area contributed by atoms with Gasteiger partial charge in [-0.2, -0.15) is 11.8 Å². The average molecular weight is 335 g/mol. The summed E-state index contributed by atoms with van der Waals surface area (Å²) in [6.07, 6.45) is 4.59. The van der Waals surface area contributed by atoms with E-state index in [1.54, 1.807) is 0 Å². The van der Waals surface area contributed by atoms with Crippen molar-refractivity contribution in [1.82, 2.24) is 4.98 Å². The molecule has 0 amide bonds. The second kappa shape index (κ2) is 7.31. The van der Waals surface area contributed by atoms with E-state index in [-0.39, 0.29) is 0 Å². The van der Waals surface area contributed by atoms with E-state index in [9.17, 15) is 0 Å². The number of anilines is 2. The number of rotatable bonds is 3. The van der Waals surface area contributed by atoms with Crippen molar-refractivity contribution >= 4 is 23.3 Å². The molecule has 2 fully saturated rings. The lowest BCUT2D eigenvalue weighted by atomic mass is 9.91. The number of nitrogens with zero attached hydrogens (tertiary/aromatic N) is 2. The van der Waals surface area contributed by atoms with Gasteiger partial charge < -0.3 is 16.0 Å². The highest BCUT2D eigenvalue weighted by Gasteiger charge is 2.24. The summed E-state index contributed by atoms with van der Waals surface area (Å²) in [4.78, 5) is 7.31. The van der Waals surface area contributed by atoms with Gasteiger partial charge >= 0.3 is 0 Å². The fraction of sp³-hybridized carbons (Fsp3) is 0.722. The lowest BCUT2D eigenvalue weighted by Crippen LogP contribution is -2.41. The molecule has 0 aromatic carbocycles. The maximum atomic E-state index is 6.00. The Bertz CT molecular complexity index is 518. The number of aryl methyl sites for hydroxylation is 1. The van der Waals surface area contributed by atoms with E-state index in [1.807, 2.05) is 0 Å². The van der Waals surface area contributed by atoms with Crippen molar-refractivity contribution in [2.75, 3.05) is 23.3 Å². The summed E-state index contributed by atoms with van der Waals surface area (Å²) >= 11 is 2.08. The number of hydrogen-bond donors (Lipinski definition) is 2. The van der Waals surface area contributed by atoms with E-state index in [4.69, 9.17) is 10.7 Å². The molecule has 5 heteroatoms. The Balaban J connectivity index is 1.66. The SMILES string of the molecule is Cc1nc(N2CC(C)SC(C)C2)ccc1NC1CCC(N)CC1. The molecule has 1 aromatic rings. The minimum absolute atomic E-state index is 0.399. The summed E-state index contributed by atoms with van der Waals surface area (Å²) in [5.41, 5.74) is 8.29. The molecule has 1 aliphatic carbocycles. The molecule has 1 aliphatic heterocycles. The maximum Gasteiger partial charge on any atom is 0.129 e. The van der Waals surface area contributed by atoms with Crippen LogP contribution in [-0.2, 0) is 0 Å². The first kappa shape index (κ1) is 16.9. The number of aromatic nitrogens is 1. The normalized spacial score (nSPS) is 31.9. The van der Waals surface area contributed by atoms with E-state index in [0.717, 1.165) is 37.4 Å². The summed E-state index contributed by atoms with van der Waals surface area (Å²) in [5, 5.41) is 5.02. The van der Waals surface area contributed by atoms with Gasteiger partial charge in [0, 0.05) is 35.7 Å². The quantitative estimate of drug-likeness (QED) is 0.887.